The average Bonchev–Trinajstić information content (AvgIpc) is 2.87. The molecule has 0 aliphatic carbocycles. The SMILES string of the molecule is CC1CN(CCC2CNc3ccccc32)S(=O)(=O)C1. The van der Waals surface area contributed by atoms with Gasteiger partial charge in [-0.05, 0) is 24.0 Å². The van der Waals surface area contributed by atoms with Crippen molar-refractivity contribution in [1.29, 1.82) is 0 Å². The van der Waals surface area contributed by atoms with Gasteiger partial charge in [-0.25, -0.2) is 12.7 Å². The Labute approximate surface area is 114 Å². The number of para-hydroxylation sites is 1. The second-order valence-corrected chi connectivity index (χ2v) is 7.71. The first-order chi connectivity index (χ1) is 9.06. The molecule has 2 aliphatic rings. The van der Waals surface area contributed by atoms with E-state index in [9.17, 15) is 8.42 Å². The Kier molecular flexibility index (Phi) is 3.27. The van der Waals surface area contributed by atoms with E-state index in [4.69, 9.17) is 0 Å². The molecule has 1 saturated heterocycles. The Morgan fingerprint density at radius 1 is 1.37 bits per heavy atom. The Hall–Kier alpha value is -1.07. The van der Waals surface area contributed by atoms with Gasteiger partial charge in [-0.15, -0.1) is 0 Å². The van der Waals surface area contributed by atoms with Crippen molar-refractivity contribution in [1.82, 2.24) is 4.31 Å². The first kappa shape index (κ1) is 12.9. The highest BCUT2D eigenvalue weighted by Gasteiger charge is 2.34. The van der Waals surface area contributed by atoms with Gasteiger partial charge in [0.1, 0.15) is 0 Å². The molecule has 0 spiro atoms. The summed E-state index contributed by atoms with van der Waals surface area (Å²) in [5.41, 5.74) is 2.53. The van der Waals surface area contributed by atoms with Crippen LogP contribution in [-0.4, -0.2) is 38.1 Å². The smallest absolute Gasteiger partial charge is 0.214 e. The van der Waals surface area contributed by atoms with E-state index in [1.807, 2.05) is 19.1 Å². The predicted octanol–water partition coefficient (Wildman–Crippen LogP) is 1.87. The van der Waals surface area contributed by atoms with E-state index < -0.39 is 10.0 Å². The molecule has 0 bridgehead atoms. The first-order valence-corrected chi connectivity index (χ1v) is 8.48. The highest BCUT2D eigenvalue weighted by Crippen LogP contribution is 2.34. The molecule has 3 rings (SSSR count). The van der Waals surface area contributed by atoms with Crippen molar-refractivity contribution in [3.63, 3.8) is 0 Å². The van der Waals surface area contributed by atoms with Crippen molar-refractivity contribution in [2.75, 3.05) is 30.7 Å². The van der Waals surface area contributed by atoms with Crippen molar-refractivity contribution in [3.05, 3.63) is 29.8 Å². The van der Waals surface area contributed by atoms with Gasteiger partial charge in [0.15, 0.2) is 0 Å². The monoisotopic (exact) mass is 280 g/mol. The van der Waals surface area contributed by atoms with Crippen LogP contribution in [0.2, 0.25) is 0 Å². The molecule has 2 aliphatic heterocycles. The van der Waals surface area contributed by atoms with Crippen molar-refractivity contribution >= 4 is 15.7 Å². The van der Waals surface area contributed by atoms with Crippen LogP contribution in [0, 0.1) is 5.92 Å². The Bertz CT molecular complexity index is 571. The number of benzene rings is 1. The number of nitrogens with zero attached hydrogens (tertiary/aromatic N) is 1. The Morgan fingerprint density at radius 2 is 2.16 bits per heavy atom. The number of hydrogen-bond donors (Lipinski definition) is 1. The maximum absolute atomic E-state index is 11.9. The summed E-state index contributed by atoms with van der Waals surface area (Å²) in [5.74, 6) is 1.01. The maximum atomic E-state index is 11.9. The summed E-state index contributed by atoms with van der Waals surface area (Å²) in [4.78, 5) is 0. The zero-order valence-electron chi connectivity index (χ0n) is 11.2. The Morgan fingerprint density at radius 3 is 2.89 bits per heavy atom. The second kappa shape index (κ2) is 4.80. The van der Waals surface area contributed by atoms with Gasteiger partial charge in [0, 0.05) is 31.2 Å². The van der Waals surface area contributed by atoms with Crippen molar-refractivity contribution in [2.24, 2.45) is 5.92 Å². The van der Waals surface area contributed by atoms with Gasteiger partial charge in [-0.1, -0.05) is 25.1 Å². The van der Waals surface area contributed by atoms with Gasteiger partial charge >= 0.3 is 0 Å². The van der Waals surface area contributed by atoms with Crippen LogP contribution >= 0.6 is 0 Å². The minimum atomic E-state index is -2.99. The van der Waals surface area contributed by atoms with Crippen LogP contribution in [0.4, 0.5) is 5.69 Å². The van der Waals surface area contributed by atoms with E-state index in [-0.39, 0.29) is 5.92 Å². The fourth-order valence-corrected chi connectivity index (χ4v) is 5.02. The lowest BCUT2D eigenvalue weighted by Crippen LogP contribution is -2.28. The van der Waals surface area contributed by atoms with Gasteiger partial charge < -0.3 is 5.32 Å². The molecular weight excluding hydrogens is 260 g/mol. The lowest BCUT2D eigenvalue weighted by atomic mass is 9.98. The van der Waals surface area contributed by atoms with E-state index >= 15 is 0 Å². The third-order valence-corrected chi connectivity index (χ3v) is 6.18. The number of fused-ring (bicyclic) bond motifs is 1. The lowest BCUT2D eigenvalue weighted by molar-refractivity contribution is 0.396. The van der Waals surface area contributed by atoms with Gasteiger partial charge in [0.2, 0.25) is 10.0 Å². The summed E-state index contributed by atoms with van der Waals surface area (Å²) in [5, 5.41) is 3.39. The molecule has 4 nitrogen and oxygen atoms in total. The molecule has 1 aromatic carbocycles. The van der Waals surface area contributed by atoms with Crippen LogP contribution in [0.15, 0.2) is 24.3 Å². The third kappa shape index (κ3) is 2.49. The quantitative estimate of drug-likeness (QED) is 0.919. The molecular formula is C14H20N2O2S. The zero-order chi connectivity index (χ0) is 13.5. The number of hydrogen-bond acceptors (Lipinski definition) is 3. The standard InChI is InChI=1S/C14H20N2O2S/c1-11-9-16(19(17,18)10-11)7-6-12-8-15-14-5-3-2-4-13(12)14/h2-5,11-12,15H,6-10H2,1H3. The van der Waals surface area contributed by atoms with Crippen LogP contribution in [-0.2, 0) is 10.0 Å². The van der Waals surface area contributed by atoms with E-state index in [1.165, 1.54) is 11.3 Å². The van der Waals surface area contributed by atoms with Crippen molar-refractivity contribution < 1.29 is 8.42 Å². The number of nitrogens with one attached hydrogen (secondary N) is 1. The van der Waals surface area contributed by atoms with E-state index in [0.717, 1.165) is 13.0 Å². The maximum Gasteiger partial charge on any atom is 0.214 e. The molecule has 0 radical (unpaired) electrons. The third-order valence-electron chi connectivity index (χ3n) is 4.07. The molecule has 2 unspecified atom stereocenters. The largest absolute Gasteiger partial charge is 0.384 e. The molecule has 0 amide bonds. The van der Waals surface area contributed by atoms with Crippen LogP contribution in [0.1, 0.15) is 24.8 Å². The molecule has 19 heavy (non-hydrogen) atoms. The molecule has 2 heterocycles. The van der Waals surface area contributed by atoms with Crippen LogP contribution in [0.5, 0.6) is 0 Å². The number of rotatable bonds is 3. The second-order valence-electron chi connectivity index (χ2n) is 5.70. The molecule has 104 valence electrons. The summed E-state index contributed by atoms with van der Waals surface area (Å²) in [7, 11) is -2.99. The number of sulfonamides is 1. The zero-order valence-corrected chi connectivity index (χ0v) is 12.0. The van der Waals surface area contributed by atoms with Gasteiger partial charge in [-0.2, -0.15) is 0 Å². The van der Waals surface area contributed by atoms with Crippen LogP contribution in [0.25, 0.3) is 0 Å². The molecule has 0 aromatic heterocycles. The molecule has 5 heteroatoms. The minimum Gasteiger partial charge on any atom is -0.384 e. The van der Waals surface area contributed by atoms with E-state index in [2.05, 4.69) is 17.4 Å². The topological polar surface area (TPSA) is 49.4 Å². The molecule has 2 atom stereocenters. The van der Waals surface area contributed by atoms with Gasteiger partial charge in [0.05, 0.1) is 5.75 Å². The van der Waals surface area contributed by atoms with Crippen molar-refractivity contribution in [3.8, 4) is 0 Å². The van der Waals surface area contributed by atoms with Crippen LogP contribution in [0.3, 0.4) is 0 Å². The molecule has 1 N–H and O–H groups in total. The van der Waals surface area contributed by atoms with Gasteiger partial charge in [-0.3, -0.25) is 0 Å². The van der Waals surface area contributed by atoms with Crippen LogP contribution < -0.4 is 5.32 Å². The summed E-state index contributed by atoms with van der Waals surface area (Å²) in [6.45, 7) is 4.25. The fourth-order valence-electron chi connectivity index (χ4n) is 3.12. The predicted molar refractivity (Wildman–Crippen MR) is 76.8 cm³/mol. The highest BCUT2D eigenvalue weighted by atomic mass is 32.2. The summed E-state index contributed by atoms with van der Waals surface area (Å²) < 4.78 is 25.5. The lowest BCUT2D eigenvalue weighted by Gasteiger charge is -2.17. The van der Waals surface area contributed by atoms with Crippen molar-refractivity contribution in [2.45, 2.75) is 19.3 Å². The summed E-state index contributed by atoms with van der Waals surface area (Å²) in [6, 6.07) is 8.30. The van der Waals surface area contributed by atoms with E-state index in [1.54, 1.807) is 4.31 Å². The molecule has 1 aromatic rings. The fraction of sp³-hybridized carbons (Fsp3) is 0.571. The summed E-state index contributed by atoms with van der Waals surface area (Å²) >= 11 is 0. The minimum absolute atomic E-state index is 0.263. The van der Waals surface area contributed by atoms with E-state index in [0.29, 0.717) is 24.8 Å². The normalized spacial score (nSPS) is 29.1. The number of anilines is 1. The summed E-state index contributed by atoms with van der Waals surface area (Å²) in [6.07, 6.45) is 0.899. The average molecular weight is 280 g/mol. The Balaban J connectivity index is 1.65. The van der Waals surface area contributed by atoms with Gasteiger partial charge in [0.25, 0.3) is 0 Å². The highest BCUT2D eigenvalue weighted by molar-refractivity contribution is 7.89. The first-order valence-electron chi connectivity index (χ1n) is 6.87. The molecule has 1 fully saturated rings. The molecule has 0 saturated carbocycles.